The first-order valence-electron chi connectivity index (χ1n) is 8.46. The number of halogens is 1. The van der Waals surface area contributed by atoms with Gasteiger partial charge in [-0.1, -0.05) is 39.8 Å². The fourth-order valence-corrected chi connectivity index (χ4v) is 2.51. The van der Waals surface area contributed by atoms with Gasteiger partial charge in [0, 0.05) is 5.92 Å². The molecule has 1 aromatic carbocycles. The van der Waals surface area contributed by atoms with E-state index in [4.69, 9.17) is 0 Å². The molecule has 0 aliphatic heterocycles. The molecule has 7 nitrogen and oxygen atoms in total. The molecule has 2 aromatic rings. The van der Waals surface area contributed by atoms with Gasteiger partial charge in [-0.15, -0.1) is 5.10 Å². The Morgan fingerprint density at radius 2 is 1.88 bits per heavy atom. The number of para-hydroxylation sites is 1. The van der Waals surface area contributed by atoms with Gasteiger partial charge in [0.25, 0.3) is 5.91 Å². The fourth-order valence-electron chi connectivity index (χ4n) is 2.51. The molecule has 0 aliphatic rings. The van der Waals surface area contributed by atoms with Crippen LogP contribution in [0, 0.1) is 11.7 Å². The monoisotopic (exact) mass is 362 g/mol. The molecule has 2 N–H and O–H groups in total. The lowest BCUT2D eigenvalue weighted by molar-refractivity contribution is -0.139. The Bertz CT molecular complexity index is 801. The van der Waals surface area contributed by atoms with E-state index in [1.807, 2.05) is 27.7 Å². The van der Waals surface area contributed by atoms with Crippen LogP contribution in [0.15, 0.2) is 24.3 Å². The van der Waals surface area contributed by atoms with Crippen LogP contribution in [0.4, 0.5) is 4.39 Å². The van der Waals surface area contributed by atoms with Crippen molar-refractivity contribution in [3.8, 4) is 5.69 Å². The Labute approximate surface area is 151 Å². The van der Waals surface area contributed by atoms with Gasteiger partial charge in [0.1, 0.15) is 23.4 Å². The highest BCUT2D eigenvalue weighted by Crippen LogP contribution is 2.19. The molecule has 140 valence electrons. The second-order valence-corrected chi connectivity index (χ2v) is 6.81. The highest BCUT2D eigenvalue weighted by molar-refractivity contribution is 5.93. The maximum Gasteiger partial charge on any atom is 0.326 e. The van der Waals surface area contributed by atoms with Crippen molar-refractivity contribution in [1.82, 2.24) is 20.1 Å². The van der Waals surface area contributed by atoms with Gasteiger partial charge in [-0.2, -0.15) is 0 Å². The summed E-state index contributed by atoms with van der Waals surface area (Å²) in [5, 5.41) is 15.8. The molecule has 0 fully saturated rings. The summed E-state index contributed by atoms with van der Waals surface area (Å²) in [7, 11) is 0. The Morgan fingerprint density at radius 3 is 2.42 bits per heavy atom. The van der Waals surface area contributed by atoms with E-state index in [-0.39, 0.29) is 29.8 Å². The first-order chi connectivity index (χ1) is 12.2. The molecule has 0 radical (unpaired) electrons. The summed E-state index contributed by atoms with van der Waals surface area (Å²) >= 11 is 0. The number of hydrogen-bond acceptors (Lipinski definition) is 4. The molecule has 1 atom stereocenters. The zero-order valence-electron chi connectivity index (χ0n) is 15.2. The van der Waals surface area contributed by atoms with Gasteiger partial charge in [-0.05, 0) is 24.5 Å². The van der Waals surface area contributed by atoms with Gasteiger partial charge in [0.15, 0.2) is 0 Å². The Kier molecular flexibility index (Phi) is 6.07. The molecular formula is C18H23FN4O3. The normalized spacial score (nSPS) is 12.4. The largest absolute Gasteiger partial charge is 0.480 e. The van der Waals surface area contributed by atoms with E-state index in [1.54, 1.807) is 12.1 Å². The summed E-state index contributed by atoms with van der Waals surface area (Å²) in [6.45, 7) is 7.43. The molecule has 26 heavy (non-hydrogen) atoms. The van der Waals surface area contributed by atoms with Crippen LogP contribution < -0.4 is 5.32 Å². The minimum absolute atomic E-state index is 0.0894. The molecule has 0 unspecified atom stereocenters. The average Bonchev–Trinajstić information content (AvgIpc) is 2.99. The van der Waals surface area contributed by atoms with Crippen molar-refractivity contribution in [3.05, 3.63) is 41.7 Å². The zero-order valence-corrected chi connectivity index (χ0v) is 15.2. The van der Waals surface area contributed by atoms with Gasteiger partial charge in [-0.25, -0.2) is 18.9 Å². The van der Waals surface area contributed by atoms with E-state index in [9.17, 15) is 19.1 Å². The number of carbonyl (C=O) groups excluding carboxylic acids is 1. The number of hydrogen-bond donors (Lipinski definition) is 2. The van der Waals surface area contributed by atoms with Gasteiger partial charge in [0.2, 0.25) is 5.82 Å². The molecule has 0 saturated carbocycles. The lowest BCUT2D eigenvalue weighted by Crippen LogP contribution is -2.42. The quantitative estimate of drug-likeness (QED) is 0.789. The summed E-state index contributed by atoms with van der Waals surface area (Å²) in [4.78, 5) is 28.0. The maximum atomic E-state index is 14.1. The van der Waals surface area contributed by atoms with Crippen molar-refractivity contribution in [2.24, 2.45) is 5.92 Å². The van der Waals surface area contributed by atoms with Crippen molar-refractivity contribution >= 4 is 11.9 Å². The van der Waals surface area contributed by atoms with Gasteiger partial charge < -0.3 is 10.4 Å². The van der Waals surface area contributed by atoms with Crippen molar-refractivity contribution in [3.63, 3.8) is 0 Å². The minimum atomic E-state index is -1.12. The van der Waals surface area contributed by atoms with Crippen LogP contribution in [-0.2, 0) is 4.79 Å². The third kappa shape index (κ3) is 4.44. The molecule has 2 rings (SSSR count). The van der Waals surface area contributed by atoms with Crippen molar-refractivity contribution in [1.29, 1.82) is 0 Å². The molecule has 1 aromatic heterocycles. The van der Waals surface area contributed by atoms with Crippen molar-refractivity contribution < 1.29 is 19.1 Å². The third-order valence-electron chi connectivity index (χ3n) is 3.74. The average molecular weight is 362 g/mol. The number of aliphatic carboxylic acids is 1. The second kappa shape index (κ2) is 8.07. The molecule has 0 saturated heterocycles. The Morgan fingerprint density at radius 1 is 1.23 bits per heavy atom. The summed E-state index contributed by atoms with van der Waals surface area (Å²) < 4.78 is 15.4. The molecule has 0 aliphatic carbocycles. The maximum absolute atomic E-state index is 14.1. The second-order valence-electron chi connectivity index (χ2n) is 6.81. The topological polar surface area (TPSA) is 97.1 Å². The number of carbonyl (C=O) groups is 2. The predicted octanol–water partition coefficient (Wildman–Crippen LogP) is 2.76. The van der Waals surface area contributed by atoms with E-state index in [0.717, 1.165) is 0 Å². The predicted molar refractivity (Wildman–Crippen MR) is 93.8 cm³/mol. The number of amides is 1. The number of carboxylic acid groups (broad SMARTS) is 1. The van der Waals surface area contributed by atoms with Crippen LogP contribution >= 0.6 is 0 Å². The Hall–Kier alpha value is -2.77. The van der Waals surface area contributed by atoms with E-state index >= 15 is 0 Å². The third-order valence-corrected chi connectivity index (χ3v) is 3.74. The number of nitrogens with one attached hydrogen (secondary N) is 1. The number of rotatable bonds is 7. The molecule has 1 heterocycles. The van der Waals surface area contributed by atoms with Gasteiger partial charge >= 0.3 is 5.97 Å². The van der Waals surface area contributed by atoms with Gasteiger partial charge in [-0.3, -0.25) is 4.79 Å². The number of carboxylic acids is 1. The van der Waals surface area contributed by atoms with Crippen LogP contribution in [0.25, 0.3) is 5.69 Å². The van der Waals surface area contributed by atoms with E-state index < -0.39 is 23.7 Å². The molecular weight excluding hydrogens is 339 g/mol. The summed E-state index contributed by atoms with van der Waals surface area (Å²) in [6, 6.07) is 5.01. The zero-order chi connectivity index (χ0) is 19.4. The fraction of sp³-hybridized carbons (Fsp3) is 0.444. The van der Waals surface area contributed by atoms with Crippen molar-refractivity contribution in [2.75, 3.05) is 0 Å². The minimum Gasteiger partial charge on any atom is -0.480 e. The van der Waals surface area contributed by atoms with Crippen LogP contribution in [0.3, 0.4) is 0 Å². The smallest absolute Gasteiger partial charge is 0.326 e. The highest BCUT2D eigenvalue weighted by atomic mass is 19.1. The van der Waals surface area contributed by atoms with Crippen LogP contribution in [0.5, 0.6) is 0 Å². The number of aromatic nitrogens is 3. The standard InChI is InChI=1S/C18H23FN4O3/c1-10(2)9-13(18(25)26)20-17(24)15-21-16(11(3)4)23(22-15)14-8-6-5-7-12(14)19/h5-8,10-11,13H,9H2,1-4H3,(H,20,24)(H,25,26)/t13-/m0/s1. The van der Waals surface area contributed by atoms with E-state index in [0.29, 0.717) is 5.82 Å². The Balaban J connectivity index is 2.36. The van der Waals surface area contributed by atoms with E-state index in [2.05, 4.69) is 15.4 Å². The summed E-state index contributed by atoms with van der Waals surface area (Å²) in [5.41, 5.74) is 0.180. The molecule has 8 heteroatoms. The van der Waals surface area contributed by atoms with Gasteiger partial charge in [0.05, 0.1) is 0 Å². The first-order valence-corrected chi connectivity index (χ1v) is 8.46. The summed E-state index contributed by atoms with van der Waals surface area (Å²) in [5.74, 6) is -2.11. The molecule has 1 amide bonds. The van der Waals surface area contributed by atoms with Crippen molar-refractivity contribution in [2.45, 2.75) is 46.1 Å². The first kappa shape index (κ1) is 19.6. The SMILES string of the molecule is CC(C)C[C@H](NC(=O)c1nc(C(C)C)n(-c2ccccc2F)n1)C(=O)O. The summed E-state index contributed by atoms with van der Waals surface area (Å²) in [6.07, 6.45) is 0.284. The lowest BCUT2D eigenvalue weighted by Gasteiger charge is -2.15. The highest BCUT2D eigenvalue weighted by Gasteiger charge is 2.26. The number of nitrogens with zero attached hydrogens (tertiary/aromatic N) is 3. The van der Waals surface area contributed by atoms with Crippen LogP contribution in [0.1, 0.15) is 56.5 Å². The van der Waals surface area contributed by atoms with Crippen LogP contribution in [0.2, 0.25) is 0 Å². The van der Waals surface area contributed by atoms with Crippen LogP contribution in [-0.4, -0.2) is 37.8 Å². The molecule has 0 bridgehead atoms. The lowest BCUT2D eigenvalue weighted by atomic mass is 10.0. The van der Waals surface area contributed by atoms with E-state index in [1.165, 1.54) is 16.8 Å². The number of benzene rings is 1. The molecule has 0 spiro atoms.